The van der Waals surface area contributed by atoms with Crippen molar-refractivity contribution < 1.29 is 13.5 Å². The van der Waals surface area contributed by atoms with Crippen molar-refractivity contribution in [3.8, 4) is 0 Å². The van der Waals surface area contributed by atoms with Gasteiger partial charge >= 0.3 is 0 Å². The maximum atomic E-state index is 12.2. The third kappa shape index (κ3) is 3.30. The lowest BCUT2D eigenvalue weighted by atomic mass is 10.2. The number of aryl methyl sites for hydroxylation is 1. The number of halogens is 1. The number of nitrogens with one attached hydrogen (secondary N) is 1. The largest absolute Gasteiger partial charge is 0.392 e. The van der Waals surface area contributed by atoms with Crippen LogP contribution in [0.2, 0.25) is 5.02 Å². The predicted octanol–water partition coefficient (Wildman–Crippen LogP) is 2.94. The van der Waals surface area contributed by atoms with Gasteiger partial charge in [0.2, 0.25) is 0 Å². The molecule has 20 heavy (non-hydrogen) atoms. The topological polar surface area (TPSA) is 66.4 Å². The smallest absolute Gasteiger partial charge is 0.261 e. The Bertz CT molecular complexity index is 712. The monoisotopic (exact) mass is 311 g/mol. The van der Waals surface area contributed by atoms with Crippen LogP contribution in [0.15, 0.2) is 47.4 Å². The van der Waals surface area contributed by atoms with Crippen molar-refractivity contribution >= 4 is 27.3 Å². The summed E-state index contributed by atoms with van der Waals surface area (Å²) >= 11 is 5.94. The molecule has 106 valence electrons. The molecule has 0 atom stereocenters. The van der Waals surface area contributed by atoms with Gasteiger partial charge in [-0.3, -0.25) is 4.72 Å². The zero-order chi connectivity index (χ0) is 14.8. The molecule has 0 aromatic heterocycles. The molecular formula is C14H14ClNO3S. The summed E-state index contributed by atoms with van der Waals surface area (Å²) < 4.78 is 26.9. The number of sulfonamides is 1. The molecule has 2 rings (SSSR count). The Hall–Kier alpha value is -1.56. The second kappa shape index (κ2) is 5.83. The van der Waals surface area contributed by atoms with E-state index in [0.29, 0.717) is 16.3 Å². The molecule has 0 bridgehead atoms. The van der Waals surface area contributed by atoms with Crippen molar-refractivity contribution in [3.05, 3.63) is 58.6 Å². The van der Waals surface area contributed by atoms with Crippen molar-refractivity contribution in [1.29, 1.82) is 0 Å². The van der Waals surface area contributed by atoms with Gasteiger partial charge in [0.05, 0.1) is 11.5 Å². The van der Waals surface area contributed by atoms with E-state index in [2.05, 4.69) is 4.72 Å². The Labute approximate surface area is 123 Å². The first kappa shape index (κ1) is 14.8. The van der Waals surface area contributed by atoms with Gasteiger partial charge in [-0.2, -0.15) is 0 Å². The highest BCUT2D eigenvalue weighted by molar-refractivity contribution is 7.92. The van der Waals surface area contributed by atoms with Crippen LogP contribution in [0, 0.1) is 6.92 Å². The molecule has 4 nitrogen and oxygen atoms in total. The normalized spacial score (nSPS) is 11.3. The molecule has 0 unspecified atom stereocenters. The van der Waals surface area contributed by atoms with Gasteiger partial charge in [0, 0.05) is 10.7 Å². The quantitative estimate of drug-likeness (QED) is 0.912. The molecule has 2 aromatic carbocycles. The molecule has 0 saturated heterocycles. The summed E-state index contributed by atoms with van der Waals surface area (Å²) in [6, 6.07) is 11.1. The van der Waals surface area contributed by atoms with Crippen LogP contribution in [-0.4, -0.2) is 13.5 Å². The Morgan fingerprint density at radius 2 is 1.80 bits per heavy atom. The van der Waals surface area contributed by atoms with Crippen molar-refractivity contribution in [1.82, 2.24) is 0 Å². The summed E-state index contributed by atoms with van der Waals surface area (Å²) in [5.41, 5.74) is 1.96. The first-order chi connectivity index (χ1) is 9.42. The molecule has 0 spiro atoms. The zero-order valence-corrected chi connectivity index (χ0v) is 12.4. The lowest BCUT2D eigenvalue weighted by Gasteiger charge is -2.09. The standard InChI is InChI=1S/C14H14ClNO3S/c1-10-2-7-13(8-14(10)15)20(18,19)16-12-5-3-11(9-17)4-6-12/h2-8,16-17H,9H2,1H3. The molecular weight excluding hydrogens is 298 g/mol. The molecule has 0 saturated carbocycles. The van der Waals surface area contributed by atoms with Crippen LogP contribution in [0.4, 0.5) is 5.69 Å². The molecule has 0 radical (unpaired) electrons. The van der Waals surface area contributed by atoms with Crippen molar-refractivity contribution in [2.45, 2.75) is 18.4 Å². The molecule has 0 amide bonds. The SMILES string of the molecule is Cc1ccc(S(=O)(=O)Nc2ccc(CO)cc2)cc1Cl. The average molecular weight is 312 g/mol. The Morgan fingerprint density at radius 1 is 1.15 bits per heavy atom. The highest BCUT2D eigenvalue weighted by Crippen LogP contribution is 2.22. The van der Waals surface area contributed by atoms with E-state index < -0.39 is 10.0 Å². The van der Waals surface area contributed by atoms with E-state index in [0.717, 1.165) is 5.56 Å². The molecule has 0 aliphatic rings. The molecule has 0 fully saturated rings. The minimum absolute atomic E-state index is 0.0827. The molecule has 2 aromatic rings. The average Bonchev–Trinajstić information content (AvgIpc) is 2.42. The van der Waals surface area contributed by atoms with Gasteiger partial charge in [-0.1, -0.05) is 29.8 Å². The van der Waals surface area contributed by atoms with E-state index in [1.54, 1.807) is 37.3 Å². The van der Waals surface area contributed by atoms with Crippen LogP contribution in [0.5, 0.6) is 0 Å². The number of aliphatic hydroxyl groups excluding tert-OH is 1. The Balaban J connectivity index is 2.27. The van der Waals surface area contributed by atoms with Crippen molar-refractivity contribution in [2.24, 2.45) is 0 Å². The fourth-order valence-corrected chi connectivity index (χ4v) is 2.96. The highest BCUT2D eigenvalue weighted by atomic mass is 35.5. The number of benzene rings is 2. The summed E-state index contributed by atoms with van der Waals surface area (Å²) in [6.45, 7) is 1.72. The van der Waals surface area contributed by atoms with Crippen molar-refractivity contribution in [3.63, 3.8) is 0 Å². The zero-order valence-electron chi connectivity index (χ0n) is 10.8. The molecule has 6 heteroatoms. The highest BCUT2D eigenvalue weighted by Gasteiger charge is 2.15. The summed E-state index contributed by atoms with van der Waals surface area (Å²) in [5, 5.41) is 9.35. The van der Waals surface area contributed by atoms with E-state index in [1.165, 1.54) is 12.1 Å². The van der Waals surface area contributed by atoms with E-state index in [1.807, 2.05) is 0 Å². The maximum Gasteiger partial charge on any atom is 0.261 e. The maximum absolute atomic E-state index is 12.2. The van der Waals surface area contributed by atoms with Gasteiger partial charge in [0.15, 0.2) is 0 Å². The number of hydrogen-bond donors (Lipinski definition) is 2. The molecule has 2 N–H and O–H groups in total. The van der Waals surface area contributed by atoms with Gasteiger partial charge in [-0.05, 0) is 42.3 Å². The van der Waals surface area contributed by atoms with Gasteiger partial charge in [-0.25, -0.2) is 8.42 Å². The van der Waals surface area contributed by atoms with E-state index >= 15 is 0 Å². The van der Waals surface area contributed by atoms with E-state index in [-0.39, 0.29) is 11.5 Å². The predicted molar refractivity (Wildman–Crippen MR) is 79.4 cm³/mol. The lowest BCUT2D eigenvalue weighted by molar-refractivity contribution is 0.282. The number of aliphatic hydroxyl groups is 1. The second-order valence-corrected chi connectivity index (χ2v) is 6.46. The van der Waals surface area contributed by atoms with Crippen LogP contribution < -0.4 is 4.72 Å². The summed E-state index contributed by atoms with van der Waals surface area (Å²) in [4.78, 5) is 0.110. The van der Waals surface area contributed by atoms with Crippen LogP contribution >= 0.6 is 11.6 Å². The van der Waals surface area contributed by atoms with Crippen LogP contribution in [-0.2, 0) is 16.6 Å². The van der Waals surface area contributed by atoms with E-state index in [9.17, 15) is 8.42 Å². The Kier molecular flexibility index (Phi) is 4.32. The van der Waals surface area contributed by atoms with Crippen LogP contribution in [0.25, 0.3) is 0 Å². The number of hydrogen-bond acceptors (Lipinski definition) is 3. The number of rotatable bonds is 4. The van der Waals surface area contributed by atoms with Gasteiger partial charge < -0.3 is 5.11 Å². The summed E-state index contributed by atoms with van der Waals surface area (Å²) in [7, 11) is -3.67. The van der Waals surface area contributed by atoms with Crippen LogP contribution in [0.1, 0.15) is 11.1 Å². The molecule has 0 heterocycles. The third-order valence-corrected chi connectivity index (χ3v) is 4.63. The molecule has 0 aliphatic heterocycles. The first-order valence-corrected chi connectivity index (χ1v) is 7.77. The molecule has 0 aliphatic carbocycles. The lowest BCUT2D eigenvalue weighted by Crippen LogP contribution is -2.13. The minimum Gasteiger partial charge on any atom is -0.392 e. The van der Waals surface area contributed by atoms with Crippen LogP contribution in [0.3, 0.4) is 0 Å². The minimum atomic E-state index is -3.67. The number of anilines is 1. The van der Waals surface area contributed by atoms with Gasteiger partial charge in [-0.15, -0.1) is 0 Å². The summed E-state index contributed by atoms with van der Waals surface area (Å²) in [6.07, 6.45) is 0. The summed E-state index contributed by atoms with van der Waals surface area (Å²) in [5.74, 6) is 0. The van der Waals surface area contributed by atoms with Gasteiger partial charge in [0.25, 0.3) is 10.0 Å². The van der Waals surface area contributed by atoms with E-state index in [4.69, 9.17) is 16.7 Å². The third-order valence-electron chi connectivity index (χ3n) is 2.84. The first-order valence-electron chi connectivity index (χ1n) is 5.91. The van der Waals surface area contributed by atoms with Gasteiger partial charge in [0.1, 0.15) is 0 Å². The second-order valence-electron chi connectivity index (χ2n) is 4.37. The van der Waals surface area contributed by atoms with Crippen molar-refractivity contribution in [2.75, 3.05) is 4.72 Å². The fraction of sp³-hybridized carbons (Fsp3) is 0.143. The Morgan fingerprint density at radius 3 is 2.35 bits per heavy atom. The fourth-order valence-electron chi connectivity index (χ4n) is 1.63.